The molecule has 0 saturated heterocycles. The van der Waals surface area contributed by atoms with Crippen molar-refractivity contribution in [2.24, 2.45) is 0 Å². The van der Waals surface area contributed by atoms with Crippen molar-refractivity contribution in [3.63, 3.8) is 0 Å². The zero-order valence-electron chi connectivity index (χ0n) is 20.2. The van der Waals surface area contributed by atoms with E-state index < -0.39 is 6.04 Å². The average molecular weight is 519 g/mol. The third-order valence-corrected chi connectivity index (χ3v) is 6.08. The highest BCUT2D eigenvalue weighted by Crippen LogP contribution is 2.29. The summed E-state index contributed by atoms with van der Waals surface area (Å²) in [5, 5.41) is 2.92. The van der Waals surface area contributed by atoms with Crippen LogP contribution in [0.1, 0.15) is 57.6 Å². The number of ether oxygens (including phenoxy) is 2. The van der Waals surface area contributed by atoms with Crippen molar-refractivity contribution >= 4 is 27.7 Å². The summed E-state index contributed by atoms with van der Waals surface area (Å²) in [4.78, 5) is 27.5. The molecule has 0 radical (unpaired) electrons. The van der Waals surface area contributed by atoms with Crippen molar-refractivity contribution in [3.05, 3.63) is 58.1 Å². The minimum absolute atomic E-state index is 0.170. The summed E-state index contributed by atoms with van der Waals surface area (Å²) in [6, 6.07) is 12.7. The van der Waals surface area contributed by atoms with Crippen molar-refractivity contribution in [1.82, 2.24) is 10.2 Å². The second-order valence-electron chi connectivity index (χ2n) is 8.33. The minimum atomic E-state index is -0.643. The first-order valence-electron chi connectivity index (χ1n) is 11.4. The molecule has 0 fully saturated rings. The van der Waals surface area contributed by atoms with Crippen LogP contribution in [0.2, 0.25) is 0 Å². The van der Waals surface area contributed by atoms with Crippen molar-refractivity contribution in [2.45, 2.75) is 59.0 Å². The molecule has 2 aromatic carbocycles. The molecule has 0 aliphatic heterocycles. The van der Waals surface area contributed by atoms with E-state index in [4.69, 9.17) is 9.47 Å². The molecule has 0 bridgehead atoms. The van der Waals surface area contributed by atoms with Gasteiger partial charge in [0.05, 0.1) is 11.6 Å². The summed E-state index contributed by atoms with van der Waals surface area (Å²) >= 11 is 3.53. The molecule has 7 heteroatoms. The quantitative estimate of drug-likeness (QED) is 0.387. The summed E-state index contributed by atoms with van der Waals surface area (Å²) in [5.41, 5.74) is 2.05. The fraction of sp³-hybridized carbons (Fsp3) is 0.462. The summed E-state index contributed by atoms with van der Waals surface area (Å²) in [7, 11) is 1.60. The third-order valence-electron chi connectivity index (χ3n) is 5.46. The Hall–Kier alpha value is -2.54. The second kappa shape index (κ2) is 13.2. The zero-order chi connectivity index (χ0) is 24.4. The van der Waals surface area contributed by atoms with Gasteiger partial charge >= 0.3 is 0 Å². The molecule has 6 nitrogen and oxygen atoms in total. The molecule has 2 rings (SSSR count). The Bertz CT molecular complexity index is 932. The standard InChI is InChI=1S/C26H35BrN2O4/c1-6-7-13-28-26(31)19(4)29(16-20-9-8-10-22(14-20)32-5)25(30)17-33-24-12-11-21(18(2)3)15-23(24)27/h8-12,14-15,18-19H,6-7,13,16-17H2,1-5H3,(H,28,31)/t19-/m0/s1. The van der Waals surface area contributed by atoms with E-state index in [-0.39, 0.29) is 25.0 Å². The molecule has 0 saturated carbocycles. The van der Waals surface area contributed by atoms with Gasteiger partial charge in [-0.15, -0.1) is 0 Å². The lowest BCUT2D eigenvalue weighted by Gasteiger charge is -2.29. The maximum atomic E-state index is 13.2. The van der Waals surface area contributed by atoms with Gasteiger partial charge < -0.3 is 19.7 Å². The molecule has 0 aliphatic rings. The summed E-state index contributed by atoms with van der Waals surface area (Å²) in [5.74, 6) is 1.24. The predicted octanol–water partition coefficient (Wildman–Crippen LogP) is 5.29. The summed E-state index contributed by atoms with van der Waals surface area (Å²) < 4.78 is 11.9. The van der Waals surface area contributed by atoms with Gasteiger partial charge in [0, 0.05) is 13.1 Å². The van der Waals surface area contributed by atoms with Crippen LogP contribution in [0, 0.1) is 0 Å². The molecule has 1 atom stereocenters. The fourth-order valence-electron chi connectivity index (χ4n) is 3.30. The number of amides is 2. The molecule has 0 aromatic heterocycles. The largest absolute Gasteiger partial charge is 0.497 e. The summed E-state index contributed by atoms with van der Waals surface area (Å²) in [6.07, 6.45) is 1.88. The van der Waals surface area contributed by atoms with Crippen LogP contribution in [-0.4, -0.2) is 43.0 Å². The molecule has 2 amide bonds. The van der Waals surface area contributed by atoms with Gasteiger partial charge in [0.15, 0.2) is 6.61 Å². The van der Waals surface area contributed by atoms with Gasteiger partial charge in [-0.3, -0.25) is 9.59 Å². The highest BCUT2D eigenvalue weighted by Gasteiger charge is 2.26. The summed E-state index contributed by atoms with van der Waals surface area (Å²) in [6.45, 7) is 8.74. The molecule has 0 spiro atoms. The molecular weight excluding hydrogens is 484 g/mol. The van der Waals surface area contributed by atoms with E-state index in [1.54, 1.807) is 18.9 Å². The third kappa shape index (κ3) is 8.07. The molecule has 0 aliphatic carbocycles. The topological polar surface area (TPSA) is 67.9 Å². The molecule has 0 unspecified atom stereocenters. The van der Waals surface area contributed by atoms with Gasteiger partial charge in [0.1, 0.15) is 17.5 Å². The Balaban J connectivity index is 2.16. The number of nitrogens with one attached hydrogen (secondary N) is 1. The van der Waals surface area contributed by atoms with Crippen LogP contribution in [0.5, 0.6) is 11.5 Å². The number of hydrogen-bond donors (Lipinski definition) is 1. The van der Waals surface area contributed by atoms with Crippen LogP contribution in [-0.2, 0) is 16.1 Å². The normalized spacial score (nSPS) is 11.7. The molecule has 180 valence electrons. The van der Waals surface area contributed by atoms with Gasteiger partial charge in [0.25, 0.3) is 5.91 Å². The first-order valence-corrected chi connectivity index (χ1v) is 12.2. The number of benzene rings is 2. The van der Waals surface area contributed by atoms with E-state index in [0.29, 0.717) is 24.0 Å². The highest BCUT2D eigenvalue weighted by molar-refractivity contribution is 9.10. The Morgan fingerprint density at radius 2 is 1.88 bits per heavy atom. The lowest BCUT2D eigenvalue weighted by Crippen LogP contribution is -2.49. The van der Waals surface area contributed by atoms with E-state index >= 15 is 0 Å². The first kappa shape index (κ1) is 26.7. The van der Waals surface area contributed by atoms with Crippen molar-refractivity contribution < 1.29 is 19.1 Å². The van der Waals surface area contributed by atoms with Crippen LogP contribution < -0.4 is 14.8 Å². The Kier molecular flexibility index (Phi) is 10.7. The highest BCUT2D eigenvalue weighted by atomic mass is 79.9. The fourth-order valence-corrected chi connectivity index (χ4v) is 3.81. The number of unbranched alkanes of at least 4 members (excludes halogenated alkanes) is 1. The number of carbonyl (C=O) groups is 2. The van der Waals surface area contributed by atoms with Crippen LogP contribution in [0.15, 0.2) is 46.9 Å². The van der Waals surface area contributed by atoms with Crippen LogP contribution in [0.25, 0.3) is 0 Å². The number of methoxy groups -OCH3 is 1. The van der Waals surface area contributed by atoms with Crippen molar-refractivity contribution in [2.75, 3.05) is 20.3 Å². The SMILES string of the molecule is CCCCNC(=O)[C@H](C)N(Cc1cccc(OC)c1)C(=O)COc1ccc(C(C)C)cc1Br. The van der Waals surface area contributed by atoms with Gasteiger partial charge in [-0.2, -0.15) is 0 Å². The Morgan fingerprint density at radius 1 is 1.12 bits per heavy atom. The molecule has 0 heterocycles. The predicted molar refractivity (Wildman–Crippen MR) is 135 cm³/mol. The number of nitrogens with zero attached hydrogens (tertiary/aromatic N) is 1. The average Bonchev–Trinajstić information content (AvgIpc) is 2.81. The molecular formula is C26H35BrN2O4. The number of carbonyl (C=O) groups excluding carboxylic acids is 2. The second-order valence-corrected chi connectivity index (χ2v) is 9.18. The van der Waals surface area contributed by atoms with Gasteiger partial charge in [-0.05, 0) is 70.6 Å². The maximum absolute atomic E-state index is 13.2. The van der Waals surface area contributed by atoms with Gasteiger partial charge in [-0.1, -0.05) is 45.4 Å². The van der Waals surface area contributed by atoms with E-state index in [1.807, 2.05) is 42.5 Å². The number of rotatable bonds is 12. The molecule has 2 aromatic rings. The molecule has 1 N–H and O–H groups in total. The zero-order valence-corrected chi connectivity index (χ0v) is 21.8. The first-order chi connectivity index (χ1) is 15.8. The van der Waals surface area contributed by atoms with Crippen LogP contribution in [0.4, 0.5) is 0 Å². The Labute approximate surface area is 205 Å². The van der Waals surface area contributed by atoms with E-state index in [9.17, 15) is 9.59 Å². The lowest BCUT2D eigenvalue weighted by molar-refractivity contribution is -0.142. The van der Waals surface area contributed by atoms with E-state index in [1.165, 1.54) is 5.56 Å². The molecule has 33 heavy (non-hydrogen) atoms. The lowest BCUT2D eigenvalue weighted by atomic mass is 10.0. The van der Waals surface area contributed by atoms with Gasteiger partial charge in [0.2, 0.25) is 5.91 Å². The van der Waals surface area contributed by atoms with Crippen molar-refractivity contribution in [3.8, 4) is 11.5 Å². The monoisotopic (exact) mass is 518 g/mol. The van der Waals surface area contributed by atoms with Crippen LogP contribution >= 0.6 is 15.9 Å². The maximum Gasteiger partial charge on any atom is 0.261 e. The number of halogens is 1. The smallest absolute Gasteiger partial charge is 0.261 e. The van der Waals surface area contributed by atoms with Crippen LogP contribution in [0.3, 0.4) is 0 Å². The number of hydrogen-bond acceptors (Lipinski definition) is 4. The van der Waals surface area contributed by atoms with Gasteiger partial charge in [-0.25, -0.2) is 0 Å². The minimum Gasteiger partial charge on any atom is -0.497 e. The van der Waals surface area contributed by atoms with E-state index in [0.717, 1.165) is 22.9 Å². The Morgan fingerprint density at radius 3 is 2.52 bits per heavy atom. The van der Waals surface area contributed by atoms with Crippen molar-refractivity contribution in [1.29, 1.82) is 0 Å². The van der Waals surface area contributed by atoms with E-state index in [2.05, 4.69) is 42.0 Å².